The van der Waals surface area contributed by atoms with Gasteiger partial charge in [0, 0.05) is 18.7 Å². The van der Waals surface area contributed by atoms with Gasteiger partial charge in [0.1, 0.15) is 0 Å². The van der Waals surface area contributed by atoms with Gasteiger partial charge < -0.3 is 15.4 Å². The monoisotopic (exact) mass is 294 g/mol. The first-order chi connectivity index (χ1) is 9.71. The van der Waals surface area contributed by atoms with Crippen LogP contribution in [0.2, 0.25) is 0 Å². The Bertz CT molecular complexity index is 357. The van der Waals surface area contributed by atoms with Crippen molar-refractivity contribution >= 4 is 17.3 Å². The fourth-order valence-corrected chi connectivity index (χ4v) is 5.86. The zero-order chi connectivity index (χ0) is 13.6. The largest absolute Gasteiger partial charge is 0.376 e. The van der Waals surface area contributed by atoms with E-state index >= 15 is 0 Å². The van der Waals surface area contributed by atoms with Gasteiger partial charge in [0.2, 0.25) is 0 Å². The molecule has 3 nitrogen and oxygen atoms in total. The predicted molar refractivity (Wildman–Crippen MR) is 83.6 cm³/mol. The van der Waals surface area contributed by atoms with Crippen molar-refractivity contribution in [2.45, 2.75) is 63.0 Å². The fourth-order valence-electron chi connectivity index (χ4n) is 5.56. The molecular formula is C16H26N2OS. The Morgan fingerprint density at radius 3 is 2.30 bits per heavy atom. The highest BCUT2D eigenvalue weighted by molar-refractivity contribution is 7.80. The smallest absolute Gasteiger partial charge is 0.166 e. The molecule has 0 aromatic rings. The van der Waals surface area contributed by atoms with Crippen molar-refractivity contribution in [3.8, 4) is 0 Å². The van der Waals surface area contributed by atoms with Crippen molar-refractivity contribution in [2.75, 3.05) is 13.2 Å². The van der Waals surface area contributed by atoms with Crippen molar-refractivity contribution in [1.82, 2.24) is 10.6 Å². The quantitative estimate of drug-likeness (QED) is 0.784. The Kier molecular flexibility index (Phi) is 3.42. The number of rotatable bonds is 3. The van der Waals surface area contributed by atoms with Gasteiger partial charge in [-0.05, 0) is 81.3 Å². The third kappa shape index (κ3) is 2.57. The molecule has 0 aromatic carbocycles. The van der Waals surface area contributed by atoms with Crippen molar-refractivity contribution in [1.29, 1.82) is 0 Å². The maximum absolute atomic E-state index is 5.65. The third-order valence-electron chi connectivity index (χ3n) is 5.93. The lowest BCUT2D eigenvalue weighted by Gasteiger charge is -2.57. The van der Waals surface area contributed by atoms with E-state index in [9.17, 15) is 0 Å². The van der Waals surface area contributed by atoms with E-state index in [0.29, 0.717) is 11.6 Å². The molecule has 5 fully saturated rings. The lowest BCUT2D eigenvalue weighted by atomic mass is 9.53. The molecular weight excluding hydrogens is 268 g/mol. The molecule has 4 aliphatic carbocycles. The van der Waals surface area contributed by atoms with Crippen LogP contribution in [0.4, 0.5) is 0 Å². The normalized spacial score (nSPS) is 45.6. The van der Waals surface area contributed by atoms with Crippen LogP contribution >= 0.6 is 12.2 Å². The third-order valence-corrected chi connectivity index (χ3v) is 6.18. The molecule has 0 unspecified atom stereocenters. The molecule has 1 aliphatic heterocycles. The van der Waals surface area contributed by atoms with E-state index in [-0.39, 0.29) is 0 Å². The van der Waals surface area contributed by atoms with Gasteiger partial charge in [0.15, 0.2) is 5.11 Å². The van der Waals surface area contributed by atoms with E-state index in [0.717, 1.165) is 36.0 Å². The van der Waals surface area contributed by atoms with Crippen LogP contribution < -0.4 is 10.6 Å². The zero-order valence-corrected chi connectivity index (χ0v) is 13.0. The van der Waals surface area contributed by atoms with Crippen LogP contribution in [-0.2, 0) is 4.74 Å². The number of nitrogens with one attached hydrogen (secondary N) is 2. The summed E-state index contributed by atoms with van der Waals surface area (Å²) in [6, 6.07) is 0. The molecule has 112 valence electrons. The second kappa shape index (κ2) is 5.13. The van der Waals surface area contributed by atoms with Crippen LogP contribution in [0.3, 0.4) is 0 Å². The minimum Gasteiger partial charge on any atom is -0.376 e. The highest BCUT2D eigenvalue weighted by atomic mass is 32.1. The zero-order valence-electron chi connectivity index (χ0n) is 12.2. The summed E-state index contributed by atoms with van der Waals surface area (Å²) in [4.78, 5) is 0. The number of hydrogen-bond acceptors (Lipinski definition) is 2. The Morgan fingerprint density at radius 2 is 1.75 bits per heavy atom. The Labute approximate surface area is 127 Å². The molecule has 0 amide bonds. The molecule has 4 saturated carbocycles. The van der Waals surface area contributed by atoms with Crippen molar-refractivity contribution in [2.24, 2.45) is 17.8 Å². The molecule has 1 atom stereocenters. The molecule has 0 spiro atoms. The summed E-state index contributed by atoms with van der Waals surface area (Å²) < 4.78 is 5.65. The highest BCUT2D eigenvalue weighted by Gasteiger charge is 2.51. The summed E-state index contributed by atoms with van der Waals surface area (Å²) in [7, 11) is 0. The van der Waals surface area contributed by atoms with Gasteiger partial charge in [0.25, 0.3) is 0 Å². The van der Waals surface area contributed by atoms with Crippen LogP contribution in [0.5, 0.6) is 0 Å². The Balaban J connectivity index is 1.32. The number of hydrogen-bond donors (Lipinski definition) is 2. The highest BCUT2D eigenvalue weighted by Crippen LogP contribution is 2.55. The molecule has 4 bridgehead atoms. The van der Waals surface area contributed by atoms with Crippen molar-refractivity contribution in [3.63, 3.8) is 0 Å². The summed E-state index contributed by atoms with van der Waals surface area (Å²) in [6.45, 7) is 1.79. The first-order valence-electron chi connectivity index (χ1n) is 8.38. The molecule has 1 heterocycles. The van der Waals surface area contributed by atoms with Crippen molar-refractivity contribution in [3.05, 3.63) is 0 Å². The second-order valence-corrected chi connectivity index (χ2v) is 8.08. The van der Waals surface area contributed by atoms with Gasteiger partial charge >= 0.3 is 0 Å². The fraction of sp³-hybridized carbons (Fsp3) is 0.938. The molecule has 1 saturated heterocycles. The van der Waals surface area contributed by atoms with Gasteiger partial charge in [-0.3, -0.25) is 0 Å². The van der Waals surface area contributed by atoms with Crippen LogP contribution in [0, 0.1) is 17.8 Å². The molecule has 20 heavy (non-hydrogen) atoms. The van der Waals surface area contributed by atoms with E-state index in [2.05, 4.69) is 10.6 Å². The van der Waals surface area contributed by atoms with Gasteiger partial charge in [-0.15, -0.1) is 0 Å². The summed E-state index contributed by atoms with van der Waals surface area (Å²) in [5.74, 6) is 2.90. The maximum Gasteiger partial charge on any atom is 0.166 e. The topological polar surface area (TPSA) is 33.3 Å². The van der Waals surface area contributed by atoms with E-state index in [1.54, 1.807) is 0 Å². The summed E-state index contributed by atoms with van der Waals surface area (Å²) >= 11 is 5.55. The lowest BCUT2D eigenvalue weighted by Crippen LogP contribution is -2.61. The minimum absolute atomic E-state index is 0.329. The number of ether oxygens (including phenoxy) is 1. The average Bonchev–Trinajstić information content (AvgIpc) is 2.87. The summed E-state index contributed by atoms with van der Waals surface area (Å²) in [5.41, 5.74) is 0.329. The van der Waals surface area contributed by atoms with Crippen LogP contribution in [0.25, 0.3) is 0 Å². The molecule has 4 heteroatoms. The minimum atomic E-state index is 0.329. The van der Waals surface area contributed by atoms with Gasteiger partial charge in [-0.25, -0.2) is 0 Å². The van der Waals surface area contributed by atoms with Crippen molar-refractivity contribution < 1.29 is 4.74 Å². The van der Waals surface area contributed by atoms with E-state index in [1.165, 1.54) is 51.4 Å². The number of thiocarbonyl (C=S) groups is 1. The van der Waals surface area contributed by atoms with Crippen LogP contribution in [0.1, 0.15) is 51.4 Å². The molecule has 0 radical (unpaired) electrons. The second-order valence-electron chi connectivity index (χ2n) is 7.67. The van der Waals surface area contributed by atoms with Crippen LogP contribution in [0.15, 0.2) is 0 Å². The first-order valence-corrected chi connectivity index (χ1v) is 8.79. The van der Waals surface area contributed by atoms with E-state index in [1.807, 2.05) is 0 Å². The molecule has 5 rings (SSSR count). The summed E-state index contributed by atoms with van der Waals surface area (Å²) in [5, 5.41) is 7.97. The molecule has 2 N–H and O–H groups in total. The van der Waals surface area contributed by atoms with Gasteiger partial charge in [-0.2, -0.15) is 0 Å². The average molecular weight is 294 g/mol. The van der Waals surface area contributed by atoms with Crippen LogP contribution in [-0.4, -0.2) is 29.9 Å². The maximum atomic E-state index is 5.65. The molecule has 5 aliphatic rings. The van der Waals surface area contributed by atoms with E-state index < -0.39 is 0 Å². The molecule has 0 aromatic heterocycles. The standard InChI is InChI=1S/C16H26N2OS/c20-15(17-10-14-2-1-3-19-14)18-16-7-11-4-12(8-16)6-13(5-11)9-16/h11-14H,1-10H2,(H2,17,18,20)/t11?,12?,13?,14-,16?/m1/s1. The SMILES string of the molecule is S=C(NC[C@H]1CCCO1)NC12CC3CC(CC(C3)C1)C2. The Hall–Kier alpha value is -0.350. The van der Waals surface area contributed by atoms with Gasteiger partial charge in [-0.1, -0.05) is 0 Å². The predicted octanol–water partition coefficient (Wildman–Crippen LogP) is 2.60. The Morgan fingerprint density at radius 1 is 1.10 bits per heavy atom. The van der Waals surface area contributed by atoms with E-state index in [4.69, 9.17) is 17.0 Å². The van der Waals surface area contributed by atoms with Gasteiger partial charge in [0.05, 0.1) is 6.10 Å². The first kappa shape index (κ1) is 13.3. The lowest BCUT2D eigenvalue weighted by molar-refractivity contribution is -0.0102. The summed E-state index contributed by atoms with van der Waals surface area (Å²) in [6.07, 6.45) is 11.2.